The van der Waals surface area contributed by atoms with Crippen molar-refractivity contribution in [1.82, 2.24) is 9.55 Å². The highest BCUT2D eigenvalue weighted by Gasteiger charge is 2.38. The van der Waals surface area contributed by atoms with Crippen molar-refractivity contribution in [2.24, 2.45) is 7.05 Å². The largest absolute Gasteiger partial charge is 0.493 e. The molecule has 0 N–H and O–H groups in total. The molecule has 1 aliphatic rings. The Balaban J connectivity index is 1.76. The van der Waals surface area contributed by atoms with Crippen LogP contribution in [0.3, 0.4) is 0 Å². The lowest BCUT2D eigenvalue weighted by Gasteiger charge is -2.25. The fourth-order valence-corrected chi connectivity index (χ4v) is 5.44. The number of benzene rings is 2. The molecule has 0 spiro atoms. The lowest BCUT2D eigenvalue weighted by molar-refractivity contribution is -0.115. The third-order valence-corrected chi connectivity index (χ3v) is 6.81. The number of nitrogens with zero attached hydrogens (tertiary/aromatic N) is 3. The van der Waals surface area contributed by atoms with Gasteiger partial charge in [-0.3, -0.25) is 9.69 Å². The second kappa shape index (κ2) is 8.41. The van der Waals surface area contributed by atoms with E-state index in [4.69, 9.17) is 32.7 Å². The number of carbonyl (C=O) groups excluding carboxylic acids is 1. The first-order valence-electron chi connectivity index (χ1n) is 9.08. The van der Waals surface area contributed by atoms with Gasteiger partial charge in [0.25, 0.3) is 0 Å². The van der Waals surface area contributed by atoms with Crippen molar-refractivity contribution < 1.29 is 14.3 Å². The molecule has 0 bridgehead atoms. The minimum absolute atomic E-state index is 0.0476. The van der Waals surface area contributed by atoms with Gasteiger partial charge in [-0.15, -0.1) is 11.8 Å². The van der Waals surface area contributed by atoms with Gasteiger partial charge in [0, 0.05) is 28.2 Å². The summed E-state index contributed by atoms with van der Waals surface area (Å²) < 4.78 is 12.6. The Kier molecular flexibility index (Phi) is 5.86. The monoisotopic (exact) mass is 463 g/mol. The molecular weight excluding hydrogens is 445 g/mol. The average molecular weight is 464 g/mol. The fraction of sp³-hybridized carbons (Fsp3) is 0.238. The van der Waals surface area contributed by atoms with Crippen molar-refractivity contribution in [1.29, 1.82) is 0 Å². The van der Waals surface area contributed by atoms with E-state index in [9.17, 15) is 4.79 Å². The second-order valence-corrected chi connectivity index (χ2v) is 8.52. The van der Waals surface area contributed by atoms with Crippen LogP contribution in [0.15, 0.2) is 42.6 Å². The molecule has 2 aromatic carbocycles. The van der Waals surface area contributed by atoms with E-state index >= 15 is 0 Å². The summed E-state index contributed by atoms with van der Waals surface area (Å²) in [5, 5.41) is 0.695. The molecule has 1 amide bonds. The maximum absolute atomic E-state index is 12.8. The summed E-state index contributed by atoms with van der Waals surface area (Å²) in [5.41, 5.74) is 2.44. The zero-order chi connectivity index (χ0) is 21.4. The zero-order valence-electron chi connectivity index (χ0n) is 16.6. The molecule has 1 fully saturated rings. The summed E-state index contributed by atoms with van der Waals surface area (Å²) in [7, 11) is 5.06. The van der Waals surface area contributed by atoms with Gasteiger partial charge < -0.3 is 14.0 Å². The number of aromatic nitrogens is 2. The van der Waals surface area contributed by atoms with Gasteiger partial charge in [-0.2, -0.15) is 0 Å². The van der Waals surface area contributed by atoms with Crippen LogP contribution in [0, 0.1) is 0 Å². The smallest absolute Gasteiger partial charge is 0.240 e. The molecule has 3 aromatic rings. The number of imidazole rings is 1. The van der Waals surface area contributed by atoms with Gasteiger partial charge in [0.2, 0.25) is 11.9 Å². The zero-order valence-corrected chi connectivity index (χ0v) is 18.9. The Labute approximate surface area is 188 Å². The van der Waals surface area contributed by atoms with E-state index in [1.807, 2.05) is 29.8 Å². The van der Waals surface area contributed by atoms with Gasteiger partial charge in [0.05, 0.1) is 31.9 Å². The minimum atomic E-state index is -0.349. The molecule has 1 aromatic heterocycles. The topological polar surface area (TPSA) is 56.6 Å². The third-order valence-electron chi connectivity index (χ3n) is 4.97. The first-order chi connectivity index (χ1) is 14.5. The summed E-state index contributed by atoms with van der Waals surface area (Å²) in [4.78, 5) is 19.0. The fourth-order valence-electron chi connectivity index (χ4n) is 3.49. The van der Waals surface area contributed by atoms with Gasteiger partial charge in [0.1, 0.15) is 5.37 Å². The molecule has 4 rings (SSSR count). The Morgan fingerprint density at radius 3 is 2.47 bits per heavy atom. The van der Waals surface area contributed by atoms with Crippen molar-refractivity contribution in [2.75, 3.05) is 24.9 Å². The summed E-state index contributed by atoms with van der Waals surface area (Å²) in [5.74, 6) is 2.06. The number of hydrogen-bond donors (Lipinski definition) is 0. The number of ether oxygens (including phenoxy) is 2. The average Bonchev–Trinajstić information content (AvgIpc) is 3.29. The molecule has 0 radical (unpaired) electrons. The molecule has 0 aliphatic carbocycles. The van der Waals surface area contributed by atoms with Crippen LogP contribution in [0.1, 0.15) is 10.9 Å². The summed E-state index contributed by atoms with van der Waals surface area (Å²) >= 11 is 14.3. The van der Waals surface area contributed by atoms with Gasteiger partial charge >= 0.3 is 0 Å². The molecule has 1 saturated heterocycles. The number of halogens is 2. The molecule has 30 heavy (non-hydrogen) atoms. The van der Waals surface area contributed by atoms with Crippen LogP contribution in [0.4, 0.5) is 5.95 Å². The summed E-state index contributed by atoms with van der Waals surface area (Å²) in [6.07, 6.45) is 1.73. The van der Waals surface area contributed by atoms with E-state index in [0.29, 0.717) is 38.8 Å². The van der Waals surface area contributed by atoms with Crippen LogP contribution in [-0.4, -0.2) is 35.4 Å². The number of anilines is 1. The van der Waals surface area contributed by atoms with Crippen LogP contribution in [0.25, 0.3) is 11.3 Å². The van der Waals surface area contributed by atoms with Crippen LogP contribution < -0.4 is 14.4 Å². The second-order valence-electron chi connectivity index (χ2n) is 6.63. The van der Waals surface area contributed by atoms with Crippen LogP contribution in [0.5, 0.6) is 11.5 Å². The number of rotatable bonds is 5. The summed E-state index contributed by atoms with van der Waals surface area (Å²) in [6, 6.07) is 11.0. The van der Waals surface area contributed by atoms with E-state index < -0.39 is 0 Å². The first-order valence-corrected chi connectivity index (χ1v) is 10.9. The Bertz CT molecular complexity index is 1100. The number of amides is 1. The molecule has 2 heterocycles. The maximum atomic E-state index is 12.8. The van der Waals surface area contributed by atoms with Crippen LogP contribution in [-0.2, 0) is 11.8 Å². The number of hydrogen-bond acceptors (Lipinski definition) is 5. The van der Waals surface area contributed by atoms with E-state index in [0.717, 1.165) is 11.3 Å². The Morgan fingerprint density at radius 1 is 1.10 bits per heavy atom. The molecule has 6 nitrogen and oxygen atoms in total. The normalized spacial score (nSPS) is 16.2. The predicted molar refractivity (Wildman–Crippen MR) is 121 cm³/mol. The van der Waals surface area contributed by atoms with Gasteiger partial charge in [-0.1, -0.05) is 29.3 Å². The Morgan fingerprint density at radius 2 is 1.80 bits per heavy atom. The van der Waals surface area contributed by atoms with Gasteiger partial charge in [-0.05, 0) is 30.3 Å². The molecule has 9 heteroatoms. The molecule has 156 valence electrons. The lowest BCUT2D eigenvalue weighted by Crippen LogP contribution is -2.30. The molecular formula is C21H19Cl2N3O3S. The highest BCUT2D eigenvalue weighted by molar-refractivity contribution is 8.00. The SMILES string of the molecule is COc1ccc(-c2cnc(N3C(=O)CSC3c3c(Cl)cccc3Cl)n2C)cc1OC. The van der Waals surface area contributed by atoms with Crippen LogP contribution in [0.2, 0.25) is 10.0 Å². The predicted octanol–water partition coefficient (Wildman–Crippen LogP) is 5.19. The van der Waals surface area contributed by atoms with E-state index in [1.165, 1.54) is 11.8 Å². The van der Waals surface area contributed by atoms with E-state index in [2.05, 4.69) is 4.98 Å². The lowest BCUT2D eigenvalue weighted by atomic mass is 10.1. The van der Waals surface area contributed by atoms with Gasteiger partial charge in [-0.25, -0.2) is 4.98 Å². The number of methoxy groups -OCH3 is 2. The molecule has 0 saturated carbocycles. The summed E-state index contributed by atoms with van der Waals surface area (Å²) in [6.45, 7) is 0. The quantitative estimate of drug-likeness (QED) is 0.520. The Hall–Kier alpha value is -2.35. The van der Waals surface area contributed by atoms with Crippen molar-refractivity contribution in [3.05, 3.63) is 58.2 Å². The number of thioether (sulfide) groups is 1. The molecule has 1 atom stereocenters. The van der Waals surface area contributed by atoms with Gasteiger partial charge in [0.15, 0.2) is 11.5 Å². The standard InChI is InChI=1S/C21H19Cl2N3O3S/c1-25-15(12-7-8-16(28-2)17(9-12)29-3)10-24-21(25)26-18(27)11-30-20(26)19-13(22)5-4-6-14(19)23/h4-10,20H,11H2,1-3H3. The maximum Gasteiger partial charge on any atom is 0.240 e. The number of carbonyl (C=O) groups is 1. The van der Waals surface area contributed by atoms with E-state index in [1.54, 1.807) is 43.5 Å². The third kappa shape index (κ3) is 3.51. The van der Waals surface area contributed by atoms with Crippen molar-refractivity contribution in [2.45, 2.75) is 5.37 Å². The molecule has 1 unspecified atom stereocenters. The van der Waals surface area contributed by atoms with Crippen molar-refractivity contribution in [3.8, 4) is 22.8 Å². The highest BCUT2D eigenvalue weighted by atomic mass is 35.5. The molecule has 1 aliphatic heterocycles. The highest BCUT2D eigenvalue weighted by Crippen LogP contribution is 2.46. The van der Waals surface area contributed by atoms with E-state index in [-0.39, 0.29) is 11.3 Å². The minimum Gasteiger partial charge on any atom is -0.493 e. The van der Waals surface area contributed by atoms with Crippen molar-refractivity contribution in [3.63, 3.8) is 0 Å². The first kappa shape index (κ1) is 20.9. The van der Waals surface area contributed by atoms with Crippen LogP contribution >= 0.6 is 35.0 Å². The van der Waals surface area contributed by atoms with Crippen molar-refractivity contribution >= 4 is 46.8 Å².